The number of unbranched alkanes of at least 4 members (excludes halogenated alkanes) is 3. The largest absolute Gasteiger partial charge is 0.384 e. The summed E-state index contributed by atoms with van der Waals surface area (Å²) in [5.41, 5.74) is -0.174. The van der Waals surface area contributed by atoms with Crippen molar-refractivity contribution < 1.29 is 37.1 Å². The number of rotatable bonds is 15. The fraction of sp³-hybridized carbons (Fsp3) is 0.487. The Hall–Kier alpha value is -4.36. The van der Waals surface area contributed by atoms with E-state index in [1.165, 1.54) is 47.2 Å². The van der Waals surface area contributed by atoms with Crippen LogP contribution < -0.4 is 0 Å². The number of carbonyl (C=O) groups is 3. The molecular weight excluding hydrogens is 678 g/mol. The molecule has 0 bridgehead atoms. The average molecular weight is 726 g/mol. The van der Waals surface area contributed by atoms with E-state index in [4.69, 9.17) is 4.98 Å². The van der Waals surface area contributed by atoms with Crippen LogP contribution >= 0.6 is 0 Å². The van der Waals surface area contributed by atoms with Gasteiger partial charge in [-0.25, -0.2) is 22.5 Å². The number of amides is 3. The first-order valence-corrected chi connectivity index (χ1v) is 17.8. The number of hydrogen-bond acceptors (Lipinski definition) is 6. The van der Waals surface area contributed by atoms with Gasteiger partial charge in [-0.2, -0.15) is 0 Å². The molecule has 1 aromatic heterocycles. The van der Waals surface area contributed by atoms with Gasteiger partial charge in [0.15, 0.2) is 0 Å². The van der Waals surface area contributed by atoms with E-state index in [9.17, 15) is 28.3 Å². The predicted octanol–water partition coefficient (Wildman–Crippen LogP) is 6.07. The van der Waals surface area contributed by atoms with E-state index < -0.39 is 53.0 Å². The molecule has 3 aromatic rings. The van der Waals surface area contributed by atoms with Crippen molar-refractivity contribution in [3.8, 4) is 11.3 Å². The summed E-state index contributed by atoms with van der Waals surface area (Å²) >= 11 is 0. The molecule has 3 heterocycles. The number of aromatic nitrogens is 2. The Balaban J connectivity index is 1.37. The van der Waals surface area contributed by atoms with E-state index in [1.54, 1.807) is 16.7 Å². The number of aliphatic hydroxyl groups excluding tert-OH is 1. The van der Waals surface area contributed by atoms with E-state index in [0.717, 1.165) is 37.5 Å². The first-order chi connectivity index (χ1) is 24.6. The highest BCUT2D eigenvalue weighted by Gasteiger charge is 2.43. The van der Waals surface area contributed by atoms with Crippen LogP contribution in [0.5, 0.6) is 0 Å². The Morgan fingerprint density at radius 2 is 1.63 bits per heavy atom. The van der Waals surface area contributed by atoms with Gasteiger partial charge in [-0.1, -0.05) is 45.7 Å². The number of benzene rings is 2. The van der Waals surface area contributed by atoms with Gasteiger partial charge in [0.2, 0.25) is 0 Å². The molecule has 9 nitrogen and oxygen atoms in total. The molecule has 0 spiro atoms. The number of imide groups is 1. The van der Waals surface area contributed by atoms with Gasteiger partial charge in [0.25, 0.3) is 17.7 Å². The SMILES string of the molecule is C[C@H](O)C(=O)N(C[C@@H]1CN(CCCCCCN2C(=O)C=CC2=O)C[C@@H]1F)[C@@H](c1nc(-c2cc(F)ccc2F)cn1Cc1cccc(F)c1)C(C)(C)C. The van der Waals surface area contributed by atoms with Crippen molar-refractivity contribution in [2.75, 3.05) is 32.7 Å². The number of alkyl halides is 1. The van der Waals surface area contributed by atoms with Crippen LogP contribution in [-0.4, -0.2) is 92.1 Å². The van der Waals surface area contributed by atoms with Crippen LogP contribution in [0.3, 0.4) is 0 Å². The van der Waals surface area contributed by atoms with Gasteiger partial charge in [-0.3, -0.25) is 24.2 Å². The molecule has 3 amide bonds. The van der Waals surface area contributed by atoms with Crippen molar-refractivity contribution in [1.29, 1.82) is 0 Å². The lowest BCUT2D eigenvalue weighted by Gasteiger charge is -2.41. The molecule has 1 saturated heterocycles. The highest BCUT2D eigenvalue weighted by molar-refractivity contribution is 6.12. The Morgan fingerprint density at radius 3 is 2.29 bits per heavy atom. The zero-order valence-corrected chi connectivity index (χ0v) is 30.1. The van der Waals surface area contributed by atoms with Crippen molar-refractivity contribution >= 4 is 17.7 Å². The normalized spacial score (nSPS) is 19.1. The van der Waals surface area contributed by atoms with Crippen LogP contribution in [0.15, 0.2) is 60.8 Å². The summed E-state index contributed by atoms with van der Waals surface area (Å²) < 4.78 is 61.1. The van der Waals surface area contributed by atoms with Crippen LogP contribution in [0, 0.1) is 28.8 Å². The van der Waals surface area contributed by atoms with Crippen LogP contribution in [0.2, 0.25) is 0 Å². The summed E-state index contributed by atoms with van der Waals surface area (Å²) in [7, 11) is 0. The quantitative estimate of drug-likeness (QED) is 0.116. The van der Waals surface area contributed by atoms with Crippen LogP contribution in [-0.2, 0) is 20.9 Å². The van der Waals surface area contributed by atoms with E-state index in [1.807, 2.05) is 25.7 Å². The lowest BCUT2D eigenvalue weighted by Crippen LogP contribution is -2.49. The molecule has 1 N–H and O–H groups in total. The topological polar surface area (TPSA) is 99.0 Å². The second-order valence-corrected chi connectivity index (χ2v) is 14.9. The van der Waals surface area contributed by atoms with Gasteiger partial charge in [0.05, 0.1) is 11.7 Å². The van der Waals surface area contributed by atoms with Crippen molar-refractivity contribution in [3.05, 3.63) is 89.7 Å². The minimum absolute atomic E-state index is 0.0360. The molecule has 13 heteroatoms. The fourth-order valence-corrected chi connectivity index (χ4v) is 7.12. The molecule has 0 radical (unpaired) electrons. The lowest BCUT2D eigenvalue weighted by atomic mass is 9.84. The molecule has 5 rings (SSSR count). The summed E-state index contributed by atoms with van der Waals surface area (Å²) in [5.74, 6) is -3.33. The van der Waals surface area contributed by atoms with E-state index in [-0.39, 0.29) is 42.7 Å². The molecule has 2 aliphatic heterocycles. The molecule has 4 atom stereocenters. The Labute approximate surface area is 301 Å². The Bertz CT molecular complexity index is 1770. The Morgan fingerprint density at radius 1 is 0.962 bits per heavy atom. The maximum Gasteiger partial charge on any atom is 0.253 e. The minimum Gasteiger partial charge on any atom is -0.384 e. The standard InChI is InChI=1S/C39H47F4N5O4/c1-25(49)38(52)48(22-27-21-45(23-32(27)43)16-7-5-6-8-17-47-34(50)14-15-35(47)51)36(39(2,3)4)37-44-33(30-19-29(41)12-13-31(30)42)24-46(37)20-26-10-9-11-28(40)18-26/h9-15,18-19,24-25,27,32,36,49H,5-8,16-17,20-23H2,1-4H3/t25-,27-,32-,36-/m0/s1. The molecule has 0 saturated carbocycles. The van der Waals surface area contributed by atoms with Crippen LogP contribution in [0.25, 0.3) is 11.3 Å². The fourth-order valence-electron chi connectivity index (χ4n) is 7.12. The van der Waals surface area contributed by atoms with Crippen molar-refractivity contribution in [2.45, 2.75) is 78.2 Å². The van der Waals surface area contributed by atoms with E-state index in [0.29, 0.717) is 37.4 Å². The monoisotopic (exact) mass is 725 g/mol. The van der Waals surface area contributed by atoms with Gasteiger partial charge in [-0.05, 0) is 67.6 Å². The zero-order valence-electron chi connectivity index (χ0n) is 30.1. The number of hydrogen-bond donors (Lipinski definition) is 1. The third-order valence-corrected chi connectivity index (χ3v) is 9.65. The number of imidazole rings is 1. The third-order valence-electron chi connectivity index (χ3n) is 9.65. The first kappa shape index (κ1) is 38.9. The van der Waals surface area contributed by atoms with Gasteiger partial charge >= 0.3 is 0 Å². The number of halogens is 4. The lowest BCUT2D eigenvalue weighted by molar-refractivity contribution is -0.146. The van der Waals surface area contributed by atoms with Gasteiger partial charge in [0, 0.05) is 62.6 Å². The molecule has 2 aromatic carbocycles. The summed E-state index contributed by atoms with van der Waals surface area (Å²) in [6.07, 6.45) is 4.51. The highest BCUT2D eigenvalue weighted by atomic mass is 19.1. The number of carbonyl (C=O) groups excluding carboxylic acids is 3. The second-order valence-electron chi connectivity index (χ2n) is 14.9. The van der Waals surface area contributed by atoms with Crippen LogP contribution in [0.1, 0.15) is 70.8 Å². The van der Waals surface area contributed by atoms with Crippen molar-refractivity contribution in [2.24, 2.45) is 11.3 Å². The molecule has 52 heavy (non-hydrogen) atoms. The Kier molecular flexibility index (Phi) is 12.4. The summed E-state index contributed by atoms with van der Waals surface area (Å²) in [6.45, 7) is 8.59. The molecule has 0 unspecified atom stereocenters. The smallest absolute Gasteiger partial charge is 0.253 e. The first-order valence-electron chi connectivity index (χ1n) is 17.8. The number of likely N-dealkylation sites (tertiary alicyclic amines) is 1. The highest BCUT2D eigenvalue weighted by Crippen LogP contribution is 2.41. The molecule has 0 aliphatic carbocycles. The average Bonchev–Trinajstić information content (AvgIpc) is 3.74. The molecule has 1 fully saturated rings. The van der Waals surface area contributed by atoms with Crippen LogP contribution in [0.4, 0.5) is 17.6 Å². The summed E-state index contributed by atoms with van der Waals surface area (Å²) in [4.78, 5) is 46.8. The van der Waals surface area contributed by atoms with E-state index >= 15 is 8.78 Å². The van der Waals surface area contributed by atoms with E-state index in [2.05, 4.69) is 0 Å². The third kappa shape index (κ3) is 9.35. The minimum atomic E-state index is -1.42. The molecule has 2 aliphatic rings. The second kappa shape index (κ2) is 16.5. The van der Waals surface area contributed by atoms with Crippen molar-refractivity contribution in [1.82, 2.24) is 24.3 Å². The molecule has 280 valence electrons. The summed E-state index contributed by atoms with van der Waals surface area (Å²) in [5, 5.41) is 10.6. The summed E-state index contributed by atoms with van der Waals surface area (Å²) in [6, 6.07) is 8.12. The zero-order chi connectivity index (χ0) is 37.7. The number of aliphatic hydroxyl groups is 1. The van der Waals surface area contributed by atoms with Crippen molar-refractivity contribution in [3.63, 3.8) is 0 Å². The predicted molar refractivity (Wildman–Crippen MR) is 188 cm³/mol. The molecular formula is C39H47F4N5O4. The van der Waals surface area contributed by atoms with Gasteiger partial charge < -0.3 is 14.6 Å². The maximum absolute atomic E-state index is 15.8. The maximum atomic E-state index is 15.8. The number of nitrogens with zero attached hydrogens (tertiary/aromatic N) is 5. The van der Waals surface area contributed by atoms with Gasteiger partial charge in [-0.15, -0.1) is 0 Å². The van der Waals surface area contributed by atoms with Gasteiger partial charge in [0.1, 0.15) is 35.6 Å².